The Hall–Kier alpha value is -1.68. The summed E-state index contributed by atoms with van der Waals surface area (Å²) in [6.45, 7) is 5.75. The minimum Gasteiger partial charge on any atom is -0.384 e. The highest BCUT2D eigenvalue weighted by atomic mass is 16.3. The first-order valence-corrected chi connectivity index (χ1v) is 8.91. The Morgan fingerprint density at radius 2 is 1.58 bits per heavy atom. The van der Waals surface area contributed by atoms with Crippen molar-refractivity contribution in [2.45, 2.75) is 38.0 Å². The first-order chi connectivity index (χ1) is 11.6. The number of piperidine rings is 1. The average Bonchev–Trinajstić information content (AvgIpc) is 2.63. The van der Waals surface area contributed by atoms with Gasteiger partial charge in [0.25, 0.3) is 0 Å². The molecule has 1 aliphatic heterocycles. The fraction of sp³-hybridized carbons (Fsp3) is 0.429. The van der Waals surface area contributed by atoms with E-state index in [4.69, 9.17) is 0 Å². The number of likely N-dealkylation sites (tertiary alicyclic amines) is 1. The van der Waals surface area contributed by atoms with E-state index in [1.54, 1.807) is 0 Å². The van der Waals surface area contributed by atoms with E-state index in [2.05, 4.69) is 40.5 Å². The predicted octanol–water partition coefficient (Wildman–Crippen LogP) is 3.15. The Morgan fingerprint density at radius 3 is 2.21 bits per heavy atom. The number of benzene rings is 2. The van der Waals surface area contributed by atoms with Gasteiger partial charge in [-0.25, -0.2) is 0 Å². The van der Waals surface area contributed by atoms with Crippen molar-refractivity contribution in [2.75, 3.05) is 19.6 Å². The van der Waals surface area contributed by atoms with Crippen molar-refractivity contribution in [3.8, 4) is 0 Å². The third-order valence-electron chi connectivity index (χ3n) is 4.97. The van der Waals surface area contributed by atoms with Crippen LogP contribution in [-0.2, 0) is 12.1 Å². The van der Waals surface area contributed by atoms with Gasteiger partial charge in [0, 0.05) is 19.1 Å². The highest BCUT2D eigenvalue weighted by Gasteiger charge is 2.25. The topological polar surface area (TPSA) is 35.5 Å². The van der Waals surface area contributed by atoms with Gasteiger partial charge in [0.1, 0.15) is 0 Å². The highest BCUT2D eigenvalue weighted by molar-refractivity contribution is 5.21. The Kier molecular flexibility index (Phi) is 5.67. The molecule has 0 aromatic heterocycles. The lowest BCUT2D eigenvalue weighted by atomic mass is 9.95. The van der Waals surface area contributed by atoms with Crippen LogP contribution in [0.15, 0.2) is 60.7 Å². The van der Waals surface area contributed by atoms with Crippen LogP contribution < -0.4 is 5.32 Å². The molecule has 0 radical (unpaired) electrons. The Labute approximate surface area is 145 Å². The Morgan fingerprint density at radius 1 is 1.00 bits per heavy atom. The number of hydrogen-bond donors (Lipinski definition) is 2. The second-order valence-corrected chi connectivity index (χ2v) is 7.06. The van der Waals surface area contributed by atoms with Crippen LogP contribution in [0.5, 0.6) is 0 Å². The third kappa shape index (κ3) is 4.67. The van der Waals surface area contributed by atoms with Gasteiger partial charge in [0.15, 0.2) is 0 Å². The van der Waals surface area contributed by atoms with E-state index in [1.165, 1.54) is 5.56 Å². The number of nitrogens with one attached hydrogen (secondary N) is 1. The van der Waals surface area contributed by atoms with Crippen molar-refractivity contribution >= 4 is 0 Å². The van der Waals surface area contributed by atoms with Crippen LogP contribution in [-0.4, -0.2) is 35.7 Å². The van der Waals surface area contributed by atoms with Crippen molar-refractivity contribution in [1.29, 1.82) is 0 Å². The van der Waals surface area contributed by atoms with Crippen LogP contribution in [0.1, 0.15) is 30.9 Å². The second-order valence-electron chi connectivity index (χ2n) is 7.06. The summed E-state index contributed by atoms with van der Waals surface area (Å²) >= 11 is 0. The molecule has 2 N–H and O–H groups in total. The van der Waals surface area contributed by atoms with Crippen LogP contribution in [0, 0.1) is 0 Å². The standard InChI is InChI=1S/C21H28N2O/c1-21(24,19-10-6-3-7-11-19)17-22-20-12-14-23(15-13-20)16-18-8-4-2-5-9-18/h2-11,20,22,24H,12-17H2,1H3. The maximum Gasteiger partial charge on any atom is 0.0992 e. The van der Waals surface area contributed by atoms with Gasteiger partial charge in [-0.2, -0.15) is 0 Å². The van der Waals surface area contributed by atoms with Crippen LogP contribution in [0.4, 0.5) is 0 Å². The molecule has 1 aliphatic rings. The van der Waals surface area contributed by atoms with Gasteiger partial charge in [0.05, 0.1) is 5.60 Å². The summed E-state index contributed by atoms with van der Waals surface area (Å²) < 4.78 is 0. The van der Waals surface area contributed by atoms with Crippen molar-refractivity contribution in [1.82, 2.24) is 10.2 Å². The van der Waals surface area contributed by atoms with E-state index in [-0.39, 0.29) is 0 Å². The third-order valence-corrected chi connectivity index (χ3v) is 4.97. The molecule has 2 aromatic rings. The fourth-order valence-corrected chi connectivity index (χ4v) is 3.38. The lowest BCUT2D eigenvalue weighted by Crippen LogP contribution is -2.46. The predicted molar refractivity (Wildman–Crippen MR) is 98.8 cm³/mol. The van der Waals surface area contributed by atoms with E-state index in [9.17, 15) is 5.11 Å². The summed E-state index contributed by atoms with van der Waals surface area (Å²) in [5, 5.41) is 14.3. The molecule has 0 spiro atoms. The van der Waals surface area contributed by atoms with Crippen LogP contribution >= 0.6 is 0 Å². The van der Waals surface area contributed by atoms with Crippen molar-refractivity contribution in [2.24, 2.45) is 0 Å². The molecule has 24 heavy (non-hydrogen) atoms. The molecule has 1 saturated heterocycles. The summed E-state index contributed by atoms with van der Waals surface area (Å²) in [5.41, 5.74) is 1.54. The van der Waals surface area contributed by atoms with Crippen molar-refractivity contribution < 1.29 is 5.11 Å². The zero-order valence-corrected chi connectivity index (χ0v) is 14.5. The first kappa shape index (κ1) is 17.2. The number of aliphatic hydroxyl groups is 1. The Bertz CT molecular complexity index is 604. The monoisotopic (exact) mass is 324 g/mol. The summed E-state index contributed by atoms with van der Waals surface area (Å²) in [5.74, 6) is 0. The van der Waals surface area contributed by atoms with E-state index in [0.29, 0.717) is 12.6 Å². The van der Waals surface area contributed by atoms with Gasteiger partial charge in [-0.3, -0.25) is 4.90 Å². The molecule has 128 valence electrons. The maximum atomic E-state index is 10.7. The first-order valence-electron chi connectivity index (χ1n) is 8.91. The molecule has 1 unspecified atom stereocenters. The quantitative estimate of drug-likeness (QED) is 0.857. The van der Waals surface area contributed by atoms with E-state index < -0.39 is 5.60 Å². The van der Waals surface area contributed by atoms with Gasteiger partial charge in [-0.05, 0) is 44.0 Å². The highest BCUT2D eigenvalue weighted by Crippen LogP contribution is 2.20. The number of nitrogens with zero attached hydrogens (tertiary/aromatic N) is 1. The largest absolute Gasteiger partial charge is 0.384 e. The molecule has 0 aliphatic carbocycles. The summed E-state index contributed by atoms with van der Waals surface area (Å²) in [4.78, 5) is 2.52. The molecule has 3 nitrogen and oxygen atoms in total. The lowest BCUT2D eigenvalue weighted by Gasteiger charge is -2.34. The molecular weight excluding hydrogens is 296 g/mol. The SMILES string of the molecule is CC(O)(CNC1CCN(Cc2ccccc2)CC1)c1ccccc1. The van der Waals surface area contributed by atoms with E-state index in [0.717, 1.165) is 38.0 Å². The zero-order valence-electron chi connectivity index (χ0n) is 14.5. The average molecular weight is 324 g/mol. The second kappa shape index (κ2) is 7.93. The molecule has 0 amide bonds. The molecule has 2 aromatic carbocycles. The lowest BCUT2D eigenvalue weighted by molar-refractivity contribution is 0.0499. The zero-order chi connectivity index (χ0) is 16.8. The molecular formula is C21H28N2O. The molecule has 1 fully saturated rings. The molecule has 1 atom stereocenters. The Balaban J connectivity index is 1.44. The fourth-order valence-electron chi connectivity index (χ4n) is 3.38. The minimum absolute atomic E-state index is 0.493. The molecule has 1 heterocycles. The number of hydrogen-bond acceptors (Lipinski definition) is 3. The van der Waals surface area contributed by atoms with E-state index in [1.807, 2.05) is 37.3 Å². The van der Waals surface area contributed by atoms with Gasteiger partial charge in [0.2, 0.25) is 0 Å². The van der Waals surface area contributed by atoms with Gasteiger partial charge < -0.3 is 10.4 Å². The molecule has 0 saturated carbocycles. The minimum atomic E-state index is -0.817. The number of rotatable bonds is 6. The van der Waals surface area contributed by atoms with Crippen LogP contribution in [0.25, 0.3) is 0 Å². The summed E-state index contributed by atoms with van der Waals surface area (Å²) in [6, 6.07) is 21.1. The van der Waals surface area contributed by atoms with Gasteiger partial charge >= 0.3 is 0 Å². The van der Waals surface area contributed by atoms with Crippen molar-refractivity contribution in [3.05, 3.63) is 71.8 Å². The van der Waals surface area contributed by atoms with Gasteiger partial charge in [-0.15, -0.1) is 0 Å². The van der Waals surface area contributed by atoms with E-state index >= 15 is 0 Å². The normalized spacial score (nSPS) is 19.1. The maximum absolute atomic E-state index is 10.7. The molecule has 3 rings (SSSR count). The summed E-state index contributed by atoms with van der Waals surface area (Å²) in [7, 11) is 0. The molecule has 3 heteroatoms. The summed E-state index contributed by atoms with van der Waals surface area (Å²) in [6.07, 6.45) is 2.27. The van der Waals surface area contributed by atoms with Crippen LogP contribution in [0.3, 0.4) is 0 Å². The molecule has 0 bridgehead atoms. The van der Waals surface area contributed by atoms with Crippen LogP contribution in [0.2, 0.25) is 0 Å². The van der Waals surface area contributed by atoms with Crippen molar-refractivity contribution in [3.63, 3.8) is 0 Å². The smallest absolute Gasteiger partial charge is 0.0992 e. The van der Waals surface area contributed by atoms with Gasteiger partial charge in [-0.1, -0.05) is 60.7 Å².